The minimum absolute atomic E-state index is 0.0438. The molecule has 2 atom stereocenters. The second kappa shape index (κ2) is 14.7. The molecule has 0 fully saturated rings. The van der Waals surface area contributed by atoms with Crippen LogP contribution in [0.4, 0.5) is 0 Å². The summed E-state index contributed by atoms with van der Waals surface area (Å²) in [4.78, 5) is 48.3. The Hall–Kier alpha value is -3.68. The van der Waals surface area contributed by atoms with Crippen LogP contribution in [0.2, 0.25) is 0 Å². The highest BCUT2D eigenvalue weighted by Gasteiger charge is 2.17. The molecule has 0 radical (unpaired) electrons. The SMILES string of the molecule is Cc1ccccc1C(=O)OCC(C)OC(=O)CCCCC(=O)OCC(C)OC(=O)c1ccccc1C. The maximum absolute atomic E-state index is 12.2. The van der Waals surface area contributed by atoms with Gasteiger partial charge in [-0.1, -0.05) is 36.4 Å². The molecule has 36 heavy (non-hydrogen) atoms. The summed E-state index contributed by atoms with van der Waals surface area (Å²) in [7, 11) is 0. The van der Waals surface area contributed by atoms with E-state index < -0.39 is 36.1 Å². The minimum atomic E-state index is -0.586. The van der Waals surface area contributed by atoms with Crippen LogP contribution in [0.15, 0.2) is 48.5 Å². The Balaban J connectivity index is 1.56. The third kappa shape index (κ3) is 9.90. The van der Waals surface area contributed by atoms with Gasteiger partial charge in [-0.15, -0.1) is 0 Å². The molecule has 194 valence electrons. The third-order valence-electron chi connectivity index (χ3n) is 5.31. The zero-order valence-corrected chi connectivity index (χ0v) is 21.3. The van der Waals surface area contributed by atoms with Crippen LogP contribution < -0.4 is 0 Å². The van der Waals surface area contributed by atoms with E-state index in [1.165, 1.54) is 0 Å². The van der Waals surface area contributed by atoms with Crippen molar-refractivity contribution in [2.75, 3.05) is 13.2 Å². The highest BCUT2D eigenvalue weighted by Crippen LogP contribution is 2.12. The fourth-order valence-electron chi connectivity index (χ4n) is 3.29. The third-order valence-corrected chi connectivity index (χ3v) is 5.31. The molecule has 0 amide bonds. The Morgan fingerprint density at radius 1 is 0.639 bits per heavy atom. The number of hydrogen-bond acceptors (Lipinski definition) is 8. The first-order valence-corrected chi connectivity index (χ1v) is 12.0. The molecule has 2 aromatic rings. The van der Waals surface area contributed by atoms with Gasteiger partial charge in [0.15, 0.2) is 0 Å². The summed E-state index contributed by atoms with van der Waals surface area (Å²) in [5.41, 5.74) is 2.56. The Labute approximate surface area is 211 Å². The number of esters is 4. The van der Waals surface area contributed by atoms with Gasteiger partial charge >= 0.3 is 23.9 Å². The fraction of sp³-hybridized carbons (Fsp3) is 0.429. The molecule has 0 saturated carbocycles. The number of ether oxygens (including phenoxy) is 4. The summed E-state index contributed by atoms with van der Waals surface area (Å²) in [6, 6.07) is 14.2. The van der Waals surface area contributed by atoms with Crippen molar-refractivity contribution >= 4 is 23.9 Å². The Morgan fingerprint density at radius 3 is 1.69 bits per heavy atom. The maximum atomic E-state index is 12.2. The van der Waals surface area contributed by atoms with Crippen LogP contribution in [0.1, 0.15) is 71.4 Å². The molecule has 0 N–H and O–H groups in total. The summed E-state index contributed by atoms with van der Waals surface area (Å²) < 4.78 is 21.0. The molecule has 0 bridgehead atoms. The standard InChI is InChI=1S/C28H34O8/c1-19-11-5-7-13-23(19)27(31)34-18-21(3)35-26(30)16-10-9-15-25(29)33-17-22(4)36-28(32)24-14-8-6-12-20(24)2/h5-8,11-14,21-22H,9-10,15-18H2,1-4H3. The van der Waals surface area contributed by atoms with E-state index in [0.717, 1.165) is 11.1 Å². The van der Waals surface area contributed by atoms with Gasteiger partial charge in [0.2, 0.25) is 0 Å². The van der Waals surface area contributed by atoms with Crippen molar-refractivity contribution in [2.24, 2.45) is 0 Å². The molecule has 0 aliphatic rings. The first kappa shape index (κ1) is 28.6. The quantitative estimate of drug-likeness (QED) is 0.222. The average molecular weight is 499 g/mol. The second-order valence-corrected chi connectivity index (χ2v) is 8.63. The van der Waals surface area contributed by atoms with Gasteiger partial charge < -0.3 is 18.9 Å². The summed E-state index contributed by atoms with van der Waals surface area (Å²) in [5.74, 6) is -1.79. The molecule has 8 nitrogen and oxygen atoms in total. The smallest absolute Gasteiger partial charge is 0.338 e. The summed E-state index contributed by atoms with van der Waals surface area (Å²) >= 11 is 0. The van der Waals surface area contributed by atoms with Gasteiger partial charge in [0, 0.05) is 12.8 Å². The van der Waals surface area contributed by atoms with Crippen LogP contribution in [0.3, 0.4) is 0 Å². The van der Waals surface area contributed by atoms with Crippen molar-refractivity contribution in [1.29, 1.82) is 0 Å². The summed E-state index contributed by atoms with van der Waals surface area (Å²) in [6.45, 7) is 6.85. The average Bonchev–Trinajstić information content (AvgIpc) is 2.84. The van der Waals surface area contributed by atoms with Crippen molar-refractivity contribution in [3.05, 3.63) is 70.8 Å². The molecular formula is C28H34O8. The van der Waals surface area contributed by atoms with E-state index >= 15 is 0 Å². The van der Waals surface area contributed by atoms with E-state index in [9.17, 15) is 19.2 Å². The van der Waals surface area contributed by atoms with Crippen LogP contribution in [0, 0.1) is 13.8 Å². The normalized spacial score (nSPS) is 12.2. The lowest BCUT2D eigenvalue weighted by molar-refractivity contribution is -0.151. The Morgan fingerprint density at radius 2 is 1.11 bits per heavy atom. The highest BCUT2D eigenvalue weighted by atomic mass is 16.6. The van der Waals surface area contributed by atoms with Crippen molar-refractivity contribution < 1.29 is 38.1 Å². The van der Waals surface area contributed by atoms with Crippen molar-refractivity contribution in [3.63, 3.8) is 0 Å². The van der Waals surface area contributed by atoms with E-state index in [1.54, 1.807) is 38.1 Å². The zero-order chi connectivity index (χ0) is 26.5. The van der Waals surface area contributed by atoms with E-state index in [0.29, 0.717) is 24.0 Å². The van der Waals surface area contributed by atoms with Gasteiger partial charge in [-0.2, -0.15) is 0 Å². The van der Waals surface area contributed by atoms with Crippen molar-refractivity contribution in [2.45, 2.75) is 65.6 Å². The van der Waals surface area contributed by atoms with Crippen LogP contribution in [0.5, 0.6) is 0 Å². The molecule has 2 unspecified atom stereocenters. The first-order chi connectivity index (χ1) is 17.2. The molecule has 2 aromatic carbocycles. The predicted octanol–water partition coefficient (Wildman–Crippen LogP) is 4.74. The Bertz CT molecular complexity index is 1050. The van der Waals surface area contributed by atoms with Gasteiger partial charge in [0.25, 0.3) is 0 Å². The van der Waals surface area contributed by atoms with Crippen LogP contribution in [0.25, 0.3) is 0 Å². The zero-order valence-electron chi connectivity index (χ0n) is 21.3. The molecule has 0 spiro atoms. The number of hydrogen-bond donors (Lipinski definition) is 0. The fourth-order valence-corrected chi connectivity index (χ4v) is 3.29. The molecule has 0 aliphatic heterocycles. The number of unbranched alkanes of at least 4 members (excludes halogenated alkanes) is 1. The number of carbonyl (C=O) groups excluding carboxylic acids is 4. The molecule has 0 heterocycles. The topological polar surface area (TPSA) is 105 Å². The van der Waals surface area contributed by atoms with Gasteiger partial charge in [-0.05, 0) is 63.8 Å². The molecule has 0 aromatic heterocycles. The maximum Gasteiger partial charge on any atom is 0.338 e. The summed E-state index contributed by atoms with van der Waals surface area (Å²) in [5, 5.41) is 0. The monoisotopic (exact) mass is 498 g/mol. The van der Waals surface area contributed by atoms with Crippen LogP contribution in [-0.2, 0) is 28.5 Å². The van der Waals surface area contributed by atoms with E-state index in [2.05, 4.69) is 0 Å². The lowest BCUT2D eigenvalue weighted by atomic mass is 10.1. The second-order valence-electron chi connectivity index (χ2n) is 8.63. The largest absolute Gasteiger partial charge is 0.462 e. The molecule has 8 heteroatoms. The number of rotatable bonds is 13. The van der Waals surface area contributed by atoms with E-state index in [-0.39, 0.29) is 26.1 Å². The number of benzene rings is 2. The van der Waals surface area contributed by atoms with Crippen LogP contribution in [-0.4, -0.2) is 49.3 Å². The van der Waals surface area contributed by atoms with Crippen molar-refractivity contribution in [1.82, 2.24) is 0 Å². The number of aryl methyl sites for hydroxylation is 2. The Kier molecular flexibility index (Phi) is 11.6. The van der Waals surface area contributed by atoms with Gasteiger partial charge in [-0.25, -0.2) is 9.59 Å². The first-order valence-electron chi connectivity index (χ1n) is 12.0. The molecule has 0 saturated heterocycles. The van der Waals surface area contributed by atoms with E-state index in [4.69, 9.17) is 18.9 Å². The lowest BCUT2D eigenvalue weighted by Gasteiger charge is -2.15. The minimum Gasteiger partial charge on any atom is -0.462 e. The molecular weight excluding hydrogens is 464 g/mol. The lowest BCUT2D eigenvalue weighted by Crippen LogP contribution is -2.23. The summed E-state index contributed by atoms with van der Waals surface area (Å²) in [6.07, 6.45) is -0.0104. The molecule has 0 aliphatic carbocycles. The van der Waals surface area contributed by atoms with Gasteiger partial charge in [0.05, 0.1) is 11.1 Å². The van der Waals surface area contributed by atoms with Crippen LogP contribution >= 0.6 is 0 Å². The van der Waals surface area contributed by atoms with Gasteiger partial charge in [-0.3, -0.25) is 9.59 Å². The van der Waals surface area contributed by atoms with Crippen molar-refractivity contribution in [3.8, 4) is 0 Å². The highest BCUT2D eigenvalue weighted by molar-refractivity contribution is 5.91. The number of carbonyl (C=O) groups is 4. The molecule has 2 rings (SSSR count). The van der Waals surface area contributed by atoms with E-state index in [1.807, 2.05) is 38.1 Å². The predicted molar refractivity (Wildman–Crippen MR) is 132 cm³/mol. The van der Waals surface area contributed by atoms with Gasteiger partial charge in [0.1, 0.15) is 25.4 Å².